The van der Waals surface area contributed by atoms with Crippen LogP contribution in [0.2, 0.25) is 0 Å². The van der Waals surface area contributed by atoms with Crippen LogP contribution in [0.1, 0.15) is 58.2 Å². The Bertz CT molecular complexity index is 1350. The van der Waals surface area contributed by atoms with Gasteiger partial charge in [-0.05, 0) is 38.5 Å². The molecule has 9 nitrogen and oxygen atoms in total. The Morgan fingerprint density at radius 2 is 2.00 bits per heavy atom. The number of aliphatic hydroxyl groups excluding tert-OH is 1. The summed E-state index contributed by atoms with van der Waals surface area (Å²) in [7, 11) is 0. The molecule has 10 heteroatoms. The van der Waals surface area contributed by atoms with Gasteiger partial charge in [0.2, 0.25) is 5.91 Å². The summed E-state index contributed by atoms with van der Waals surface area (Å²) in [6, 6.07) is 10.9. The third-order valence-electron chi connectivity index (χ3n) is 5.60. The van der Waals surface area contributed by atoms with Crippen LogP contribution in [0.25, 0.3) is 5.00 Å². The molecule has 0 aliphatic carbocycles. The molecule has 0 unspecified atom stereocenters. The van der Waals surface area contributed by atoms with Gasteiger partial charge in [0.15, 0.2) is 5.82 Å². The number of nitrogens with zero attached hydrogens (tertiary/aromatic N) is 6. The summed E-state index contributed by atoms with van der Waals surface area (Å²) < 4.78 is 1.92. The predicted molar refractivity (Wildman–Crippen MR) is 127 cm³/mol. The fourth-order valence-corrected chi connectivity index (χ4v) is 5.21. The fourth-order valence-electron chi connectivity index (χ4n) is 3.91. The number of aromatic nitrogens is 3. The molecule has 0 bridgehead atoms. The van der Waals surface area contributed by atoms with Gasteiger partial charge < -0.3 is 10.4 Å². The lowest BCUT2D eigenvalue weighted by atomic mass is 9.98. The number of aryl methyl sites for hydroxylation is 1. The zero-order valence-electron chi connectivity index (χ0n) is 19.0. The van der Waals surface area contributed by atoms with Crippen LogP contribution >= 0.6 is 11.3 Å². The van der Waals surface area contributed by atoms with Crippen LogP contribution in [0.3, 0.4) is 0 Å². The largest absolute Gasteiger partial charge is 0.392 e. The van der Waals surface area contributed by atoms with Crippen LogP contribution in [0.4, 0.5) is 0 Å². The zero-order valence-corrected chi connectivity index (χ0v) is 19.8. The standard InChI is InChI=1S/C24H23N7O2S/c1-13(32)12-27-20(33)10-18-23-30-29-15(3)31(23)24-21(14(2)19(34-24)8-9-25)22(28-18)17-6-4-16(11-26)5-7-17/h4-7,13,18,32H,8,10,12H2,1-3H3,(H,27,33)/t13-,18+/m1/s1. The van der Waals surface area contributed by atoms with Crippen molar-refractivity contribution < 1.29 is 9.90 Å². The summed E-state index contributed by atoms with van der Waals surface area (Å²) in [5.41, 5.74) is 3.83. The third-order valence-corrected chi connectivity index (χ3v) is 6.88. The zero-order chi connectivity index (χ0) is 24.4. The number of nitriles is 2. The molecule has 0 saturated carbocycles. The second kappa shape index (κ2) is 9.56. The lowest BCUT2D eigenvalue weighted by molar-refractivity contribution is -0.121. The first-order valence-corrected chi connectivity index (χ1v) is 11.6. The molecule has 2 N–H and O–H groups in total. The van der Waals surface area contributed by atoms with Crippen molar-refractivity contribution in [3.05, 3.63) is 63.0 Å². The number of rotatable bonds is 6. The van der Waals surface area contributed by atoms with Crippen LogP contribution < -0.4 is 5.32 Å². The summed E-state index contributed by atoms with van der Waals surface area (Å²) in [6.45, 7) is 5.56. The number of aliphatic imine (C=N–C) groups is 1. The summed E-state index contributed by atoms with van der Waals surface area (Å²) in [5, 5.41) is 40.3. The number of benzene rings is 1. The predicted octanol–water partition coefficient (Wildman–Crippen LogP) is 2.66. The van der Waals surface area contributed by atoms with Crippen LogP contribution in [0, 0.1) is 36.5 Å². The lowest BCUT2D eigenvalue weighted by Gasteiger charge is -2.13. The highest BCUT2D eigenvalue weighted by molar-refractivity contribution is 7.15. The van der Waals surface area contributed by atoms with Crippen LogP contribution in [-0.4, -0.2) is 44.1 Å². The van der Waals surface area contributed by atoms with Crippen molar-refractivity contribution in [2.75, 3.05) is 6.54 Å². The smallest absolute Gasteiger partial charge is 0.222 e. The number of aliphatic hydroxyl groups is 1. The SMILES string of the molecule is Cc1c(CC#N)sc2c1C(c1ccc(C#N)cc1)=N[C@@H](CC(=O)NC[C@@H](C)O)c1nnc(C)n1-2. The summed E-state index contributed by atoms with van der Waals surface area (Å²) >= 11 is 1.50. The number of nitrogens with one attached hydrogen (secondary N) is 1. The van der Waals surface area contributed by atoms with E-state index in [9.17, 15) is 20.4 Å². The number of thiophene rings is 1. The molecule has 1 aliphatic heterocycles. The van der Waals surface area contributed by atoms with E-state index in [1.807, 2.05) is 30.5 Å². The van der Waals surface area contributed by atoms with E-state index >= 15 is 0 Å². The van der Waals surface area contributed by atoms with Gasteiger partial charge in [-0.3, -0.25) is 14.4 Å². The first kappa shape index (κ1) is 23.3. The molecule has 172 valence electrons. The quantitative estimate of drug-likeness (QED) is 0.564. The maximum absolute atomic E-state index is 12.7. The highest BCUT2D eigenvalue weighted by Gasteiger charge is 2.32. The van der Waals surface area contributed by atoms with E-state index < -0.39 is 12.1 Å². The minimum atomic E-state index is -0.657. The van der Waals surface area contributed by atoms with Crippen LogP contribution in [-0.2, 0) is 11.2 Å². The van der Waals surface area contributed by atoms with E-state index in [1.165, 1.54) is 11.3 Å². The Morgan fingerprint density at radius 3 is 2.65 bits per heavy atom. The Balaban J connectivity index is 1.90. The fraction of sp³-hybridized carbons (Fsp3) is 0.333. The second-order valence-corrected chi connectivity index (χ2v) is 9.23. The number of amides is 1. The van der Waals surface area contributed by atoms with E-state index in [0.717, 1.165) is 26.6 Å². The molecule has 3 heterocycles. The van der Waals surface area contributed by atoms with Crippen molar-refractivity contribution in [1.29, 1.82) is 10.5 Å². The molecular formula is C24H23N7O2S. The average molecular weight is 474 g/mol. The average Bonchev–Trinajstić information content (AvgIpc) is 3.31. The number of carbonyl (C=O) groups is 1. The topological polar surface area (TPSA) is 140 Å². The van der Waals surface area contributed by atoms with Crippen molar-refractivity contribution in [2.45, 2.75) is 45.8 Å². The summed E-state index contributed by atoms with van der Waals surface area (Å²) in [4.78, 5) is 18.6. The van der Waals surface area contributed by atoms with Gasteiger partial charge in [-0.1, -0.05) is 12.1 Å². The molecule has 34 heavy (non-hydrogen) atoms. The van der Waals surface area contributed by atoms with Gasteiger partial charge in [0.25, 0.3) is 0 Å². The molecule has 3 aromatic rings. The molecule has 0 fully saturated rings. The molecule has 1 amide bonds. The Labute approximate surface area is 201 Å². The molecule has 1 aliphatic rings. The molecular weight excluding hydrogens is 450 g/mol. The molecule has 0 radical (unpaired) electrons. The first-order chi connectivity index (χ1) is 16.3. The minimum Gasteiger partial charge on any atom is -0.392 e. The highest BCUT2D eigenvalue weighted by Crippen LogP contribution is 2.40. The Kier molecular flexibility index (Phi) is 6.55. The monoisotopic (exact) mass is 473 g/mol. The van der Waals surface area contributed by atoms with Crippen LogP contribution in [0.15, 0.2) is 29.3 Å². The van der Waals surface area contributed by atoms with Gasteiger partial charge in [0.05, 0.1) is 42.4 Å². The minimum absolute atomic E-state index is 0.0314. The normalized spacial score (nSPS) is 15.2. The molecule has 0 saturated heterocycles. The van der Waals surface area contributed by atoms with Gasteiger partial charge in [-0.15, -0.1) is 21.5 Å². The maximum Gasteiger partial charge on any atom is 0.222 e. The number of hydrogen-bond donors (Lipinski definition) is 2. The van der Waals surface area contributed by atoms with Gasteiger partial charge in [-0.2, -0.15) is 10.5 Å². The van der Waals surface area contributed by atoms with Gasteiger partial charge in [0, 0.05) is 22.5 Å². The van der Waals surface area contributed by atoms with E-state index in [-0.39, 0.29) is 25.3 Å². The van der Waals surface area contributed by atoms with E-state index in [1.54, 1.807) is 19.1 Å². The first-order valence-electron chi connectivity index (χ1n) is 10.8. The van der Waals surface area contributed by atoms with E-state index in [2.05, 4.69) is 27.7 Å². The molecule has 2 aromatic heterocycles. The number of carbonyl (C=O) groups excluding carboxylic acids is 1. The molecule has 1 aromatic carbocycles. The Morgan fingerprint density at radius 1 is 1.26 bits per heavy atom. The third kappa shape index (κ3) is 4.34. The van der Waals surface area contributed by atoms with Gasteiger partial charge >= 0.3 is 0 Å². The summed E-state index contributed by atoms with van der Waals surface area (Å²) in [5.74, 6) is 0.944. The van der Waals surface area contributed by atoms with Crippen molar-refractivity contribution in [2.24, 2.45) is 4.99 Å². The molecule has 0 spiro atoms. The maximum atomic E-state index is 12.7. The summed E-state index contributed by atoms with van der Waals surface area (Å²) in [6.07, 6.45) is -0.356. The van der Waals surface area contributed by atoms with Crippen molar-refractivity contribution in [1.82, 2.24) is 20.1 Å². The second-order valence-electron chi connectivity index (χ2n) is 8.15. The van der Waals surface area contributed by atoms with Gasteiger partial charge in [-0.25, -0.2) is 0 Å². The molecule has 2 atom stereocenters. The Hall–Kier alpha value is -3.86. The van der Waals surface area contributed by atoms with E-state index in [4.69, 9.17) is 4.99 Å². The van der Waals surface area contributed by atoms with Crippen LogP contribution in [0.5, 0.6) is 0 Å². The van der Waals surface area contributed by atoms with E-state index in [0.29, 0.717) is 22.9 Å². The van der Waals surface area contributed by atoms with Gasteiger partial charge in [0.1, 0.15) is 16.9 Å². The molecule has 4 rings (SSSR count). The number of hydrogen-bond acceptors (Lipinski definition) is 8. The highest BCUT2D eigenvalue weighted by atomic mass is 32.1. The lowest BCUT2D eigenvalue weighted by Crippen LogP contribution is -2.31. The van der Waals surface area contributed by atoms with Crippen molar-refractivity contribution in [3.8, 4) is 17.1 Å². The van der Waals surface area contributed by atoms with Crippen molar-refractivity contribution in [3.63, 3.8) is 0 Å². The number of fused-ring (bicyclic) bond motifs is 3. The van der Waals surface area contributed by atoms with Crippen molar-refractivity contribution >= 4 is 23.0 Å².